The third-order valence-electron chi connectivity index (χ3n) is 5.04. The summed E-state index contributed by atoms with van der Waals surface area (Å²) in [4.78, 5) is 36.7. The Bertz CT molecular complexity index is 942. The smallest absolute Gasteiger partial charge is 0.325 e. The number of carbonyl (C=O) groups excluding carboxylic acids is 2. The highest BCUT2D eigenvalue weighted by atomic mass is 16.6. The summed E-state index contributed by atoms with van der Waals surface area (Å²) in [7, 11) is 0. The zero-order valence-electron chi connectivity index (χ0n) is 16.5. The summed E-state index contributed by atoms with van der Waals surface area (Å²) in [6.45, 7) is 5.92. The van der Waals surface area contributed by atoms with Gasteiger partial charge in [-0.15, -0.1) is 0 Å². The number of nitrogens with zero attached hydrogens (tertiary/aromatic N) is 2. The van der Waals surface area contributed by atoms with Crippen molar-refractivity contribution in [2.45, 2.75) is 32.2 Å². The van der Waals surface area contributed by atoms with Crippen molar-refractivity contribution in [1.29, 1.82) is 0 Å². The van der Waals surface area contributed by atoms with E-state index >= 15 is 0 Å². The Hall–Kier alpha value is -3.42. The second kappa shape index (κ2) is 7.90. The Morgan fingerprint density at radius 3 is 2.48 bits per heavy atom. The van der Waals surface area contributed by atoms with Gasteiger partial charge in [0.25, 0.3) is 11.6 Å². The number of benzene rings is 2. The fourth-order valence-corrected chi connectivity index (χ4v) is 3.24. The first kappa shape index (κ1) is 20.3. The van der Waals surface area contributed by atoms with Crippen LogP contribution in [0.25, 0.3) is 0 Å². The maximum absolute atomic E-state index is 12.9. The zero-order valence-corrected chi connectivity index (χ0v) is 16.5. The Labute approximate surface area is 168 Å². The van der Waals surface area contributed by atoms with Gasteiger partial charge >= 0.3 is 6.03 Å². The number of non-ortho nitro benzene ring substituents is 1. The molecule has 29 heavy (non-hydrogen) atoms. The van der Waals surface area contributed by atoms with Gasteiger partial charge in [-0.1, -0.05) is 44.2 Å². The van der Waals surface area contributed by atoms with Gasteiger partial charge in [0.05, 0.1) is 17.5 Å². The Balaban J connectivity index is 1.67. The van der Waals surface area contributed by atoms with Crippen LogP contribution in [0.3, 0.4) is 0 Å². The van der Waals surface area contributed by atoms with E-state index in [1.807, 2.05) is 24.3 Å². The molecule has 1 fully saturated rings. The van der Waals surface area contributed by atoms with Crippen LogP contribution in [0.1, 0.15) is 37.8 Å². The van der Waals surface area contributed by atoms with Gasteiger partial charge in [-0.3, -0.25) is 19.8 Å². The highest BCUT2D eigenvalue weighted by molar-refractivity contribution is 6.07. The second-order valence-corrected chi connectivity index (χ2v) is 7.39. The van der Waals surface area contributed by atoms with Gasteiger partial charge in [0.1, 0.15) is 17.9 Å². The van der Waals surface area contributed by atoms with E-state index in [4.69, 9.17) is 4.74 Å². The standard InChI is InChI=1S/C21H23N3O5/c1-14(2)15-7-9-16(10-8-15)21(3)19(25)23(20(26)22-21)11-12-29-18-6-4-5-17(13-18)24(27)28/h4-10,13-14H,11-12H2,1-3H3,(H,22,26). The topological polar surface area (TPSA) is 102 Å². The molecule has 0 saturated carbocycles. The van der Waals surface area contributed by atoms with E-state index in [0.29, 0.717) is 17.2 Å². The van der Waals surface area contributed by atoms with Crippen molar-refractivity contribution < 1.29 is 19.2 Å². The van der Waals surface area contributed by atoms with Crippen molar-refractivity contribution in [1.82, 2.24) is 10.2 Å². The molecular weight excluding hydrogens is 374 g/mol. The molecule has 2 aromatic carbocycles. The normalized spacial score (nSPS) is 18.8. The SMILES string of the molecule is CC(C)c1ccc(C2(C)NC(=O)N(CCOc3cccc([N+](=O)[O-])c3)C2=O)cc1. The molecule has 1 aliphatic rings. The molecule has 1 aliphatic heterocycles. The highest BCUT2D eigenvalue weighted by Crippen LogP contribution is 2.30. The predicted octanol–water partition coefficient (Wildman–Crippen LogP) is 3.56. The first-order valence-electron chi connectivity index (χ1n) is 9.34. The van der Waals surface area contributed by atoms with Crippen LogP contribution in [0, 0.1) is 10.1 Å². The summed E-state index contributed by atoms with van der Waals surface area (Å²) < 4.78 is 5.49. The van der Waals surface area contributed by atoms with Crippen molar-refractivity contribution in [3.05, 3.63) is 69.8 Å². The number of nitro groups is 1. The van der Waals surface area contributed by atoms with Gasteiger partial charge in [0, 0.05) is 6.07 Å². The van der Waals surface area contributed by atoms with Crippen LogP contribution in [0.15, 0.2) is 48.5 Å². The van der Waals surface area contributed by atoms with Gasteiger partial charge in [-0.05, 0) is 30.0 Å². The lowest BCUT2D eigenvalue weighted by Gasteiger charge is -2.23. The van der Waals surface area contributed by atoms with E-state index in [1.54, 1.807) is 13.0 Å². The number of rotatable bonds is 7. The van der Waals surface area contributed by atoms with E-state index in [-0.39, 0.29) is 24.7 Å². The van der Waals surface area contributed by atoms with Crippen LogP contribution in [-0.2, 0) is 10.3 Å². The first-order chi connectivity index (χ1) is 13.7. The molecule has 0 bridgehead atoms. The van der Waals surface area contributed by atoms with Crippen molar-refractivity contribution in [3.8, 4) is 5.75 Å². The van der Waals surface area contributed by atoms with Gasteiger partial charge < -0.3 is 10.1 Å². The summed E-state index contributed by atoms with van der Waals surface area (Å²) in [5, 5.41) is 13.6. The van der Waals surface area contributed by atoms with Crippen LogP contribution >= 0.6 is 0 Å². The Kier molecular flexibility index (Phi) is 5.54. The lowest BCUT2D eigenvalue weighted by molar-refractivity contribution is -0.384. The molecule has 1 atom stereocenters. The molecule has 0 spiro atoms. The minimum absolute atomic E-state index is 0.0305. The average Bonchev–Trinajstić information content (AvgIpc) is 2.92. The second-order valence-electron chi connectivity index (χ2n) is 7.39. The van der Waals surface area contributed by atoms with Crippen LogP contribution in [0.4, 0.5) is 10.5 Å². The van der Waals surface area contributed by atoms with Crippen LogP contribution in [0.5, 0.6) is 5.75 Å². The number of ether oxygens (including phenoxy) is 1. The average molecular weight is 397 g/mol. The van der Waals surface area contributed by atoms with E-state index in [1.165, 1.54) is 18.2 Å². The van der Waals surface area contributed by atoms with Gasteiger partial charge in [-0.25, -0.2) is 4.79 Å². The zero-order chi connectivity index (χ0) is 21.2. The van der Waals surface area contributed by atoms with E-state index < -0.39 is 16.5 Å². The lowest BCUT2D eigenvalue weighted by atomic mass is 9.90. The molecule has 1 N–H and O–H groups in total. The molecule has 1 heterocycles. The number of hydrogen-bond donors (Lipinski definition) is 1. The highest BCUT2D eigenvalue weighted by Gasteiger charge is 2.48. The molecule has 2 aromatic rings. The summed E-state index contributed by atoms with van der Waals surface area (Å²) in [5.41, 5.74) is 0.631. The van der Waals surface area contributed by atoms with Crippen molar-refractivity contribution >= 4 is 17.6 Å². The molecule has 0 radical (unpaired) electrons. The third-order valence-corrected chi connectivity index (χ3v) is 5.04. The Morgan fingerprint density at radius 2 is 1.86 bits per heavy atom. The molecule has 1 saturated heterocycles. The number of hydrogen-bond acceptors (Lipinski definition) is 5. The van der Waals surface area contributed by atoms with Gasteiger partial charge in [0.2, 0.25) is 0 Å². The van der Waals surface area contributed by atoms with Crippen LogP contribution in [0.2, 0.25) is 0 Å². The largest absolute Gasteiger partial charge is 0.491 e. The van der Waals surface area contributed by atoms with E-state index in [9.17, 15) is 19.7 Å². The molecule has 1 unspecified atom stereocenters. The monoisotopic (exact) mass is 397 g/mol. The minimum atomic E-state index is -1.14. The number of carbonyl (C=O) groups is 2. The van der Waals surface area contributed by atoms with E-state index in [0.717, 1.165) is 10.5 Å². The fraction of sp³-hybridized carbons (Fsp3) is 0.333. The number of nitrogens with one attached hydrogen (secondary N) is 1. The van der Waals surface area contributed by atoms with Gasteiger partial charge in [-0.2, -0.15) is 0 Å². The summed E-state index contributed by atoms with van der Waals surface area (Å²) in [5.74, 6) is 0.314. The number of urea groups is 1. The molecule has 8 heteroatoms. The van der Waals surface area contributed by atoms with Crippen molar-refractivity contribution in [2.75, 3.05) is 13.2 Å². The molecular formula is C21H23N3O5. The summed E-state index contributed by atoms with van der Waals surface area (Å²) in [6, 6.07) is 12.9. The third kappa shape index (κ3) is 4.06. The van der Waals surface area contributed by atoms with Crippen molar-refractivity contribution in [3.63, 3.8) is 0 Å². The van der Waals surface area contributed by atoms with Crippen molar-refractivity contribution in [2.24, 2.45) is 0 Å². The predicted molar refractivity (Wildman–Crippen MR) is 107 cm³/mol. The minimum Gasteiger partial charge on any atom is -0.491 e. The van der Waals surface area contributed by atoms with E-state index in [2.05, 4.69) is 19.2 Å². The maximum Gasteiger partial charge on any atom is 0.325 e. The summed E-state index contributed by atoms with van der Waals surface area (Å²) >= 11 is 0. The number of nitro benzene ring substituents is 1. The van der Waals surface area contributed by atoms with Crippen LogP contribution in [-0.4, -0.2) is 34.9 Å². The molecule has 3 rings (SSSR count). The molecule has 0 aromatic heterocycles. The molecule has 3 amide bonds. The molecule has 152 valence electrons. The maximum atomic E-state index is 12.9. The van der Waals surface area contributed by atoms with Gasteiger partial charge in [0.15, 0.2) is 0 Å². The quantitative estimate of drug-likeness (QED) is 0.437. The molecule has 8 nitrogen and oxygen atoms in total. The first-order valence-corrected chi connectivity index (χ1v) is 9.34. The van der Waals surface area contributed by atoms with Crippen LogP contribution < -0.4 is 10.1 Å². The molecule has 0 aliphatic carbocycles. The lowest BCUT2D eigenvalue weighted by Crippen LogP contribution is -2.41. The number of imide groups is 1. The summed E-state index contributed by atoms with van der Waals surface area (Å²) in [6.07, 6.45) is 0. The number of amides is 3. The fourth-order valence-electron chi connectivity index (χ4n) is 3.24. The Morgan fingerprint density at radius 1 is 1.17 bits per heavy atom.